The molecule has 20 heavy (non-hydrogen) atoms. The molecular weight excluding hydrogens is 248 g/mol. The molecule has 1 aliphatic rings. The molecule has 2 rings (SSSR count). The maximum atomic E-state index is 4.57. The smallest absolute Gasteiger partial charge is 0.132 e. The molecule has 0 aromatic carbocycles. The molecule has 1 saturated carbocycles. The molecule has 1 aromatic heterocycles. The standard InChI is InChI=1S/C16H28N4/c1-7-12-19-13(17-8-2)9-14(20-12)18-10-11-15(3,4)16(11,5)6/h9,11H,7-8,10H2,1-6H3,(H2,17,18,19,20). The topological polar surface area (TPSA) is 49.8 Å². The molecule has 0 bridgehead atoms. The average Bonchev–Trinajstić information content (AvgIpc) is 2.77. The lowest BCUT2D eigenvalue weighted by molar-refractivity contribution is 0.457. The van der Waals surface area contributed by atoms with Crippen molar-refractivity contribution in [2.45, 2.75) is 48.0 Å². The van der Waals surface area contributed by atoms with Crippen molar-refractivity contribution in [3.8, 4) is 0 Å². The second-order valence-corrected chi connectivity index (χ2v) is 6.82. The second kappa shape index (κ2) is 5.23. The summed E-state index contributed by atoms with van der Waals surface area (Å²) in [4.78, 5) is 9.05. The molecule has 1 aromatic rings. The SMILES string of the molecule is CCNc1cc(NCC2C(C)(C)C2(C)C)nc(CC)n1. The zero-order chi connectivity index (χ0) is 15.0. The summed E-state index contributed by atoms with van der Waals surface area (Å²) in [6.45, 7) is 15.4. The maximum Gasteiger partial charge on any atom is 0.132 e. The highest BCUT2D eigenvalue weighted by atomic mass is 15.1. The van der Waals surface area contributed by atoms with Gasteiger partial charge in [0.05, 0.1) is 0 Å². The molecule has 0 spiro atoms. The Morgan fingerprint density at radius 3 is 2.00 bits per heavy atom. The monoisotopic (exact) mass is 276 g/mol. The first-order valence-corrected chi connectivity index (χ1v) is 7.68. The van der Waals surface area contributed by atoms with E-state index in [2.05, 4.69) is 62.1 Å². The predicted octanol–water partition coefficient (Wildman–Crippen LogP) is 3.56. The lowest BCUT2D eigenvalue weighted by Crippen LogP contribution is -2.12. The van der Waals surface area contributed by atoms with Gasteiger partial charge in [-0.1, -0.05) is 34.6 Å². The van der Waals surface area contributed by atoms with Crippen molar-refractivity contribution in [3.63, 3.8) is 0 Å². The summed E-state index contributed by atoms with van der Waals surface area (Å²) >= 11 is 0. The number of nitrogens with zero attached hydrogens (tertiary/aromatic N) is 2. The van der Waals surface area contributed by atoms with Crippen LogP contribution in [0.25, 0.3) is 0 Å². The number of rotatable bonds is 6. The Morgan fingerprint density at radius 1 is 1.00 bits per heavy atom. The van der Waals surface area contributed by atoms with Gasteiger partial charge in [-0.3, -0.25) is 0 Å². The summed E-state index contributed by atoms with van der Waals surface area (Å²) in [5.74, 6) is 3.43. The first-order chi connectivity index (χ1) is 9.32. The number of aromatic nitrogens is 2. The minimum absolute atomic E-state index is 0.408. The van der Waals surface area contributed by atoms with Crippen molar-refractivity contribution in [1.29, 1.82) is 0 Å². The van der Waals surface area contributed by atoms with Gasteiger partial charge in [0.15, 0.2) is 0 Å². The van der Waals surface area contributed by atoms with Crippen molar-refractivity contribution in [2.75, 3.05) is 23.7 Å². The van der Waals surface area contributed by atoms with Gasteiger partial charge in [-0.05, 0) is 23.7 Å². The molecule has 0 unspecified atom stereocenters. The van der Waals surface area contributed by atoms with Gasteiger partial charge in [0.2, 0.25) is 0 Å². The van der Waals surface area contributed by atoms with Crippen LogP contribution in [0, 0.1) is 16.7 Å². The molecular formula is C16H28N4. The fourth-order valence-electron chi connectivity index (χ4n) is 3.07. The minimum atomic E-state index is 0.408. The lowest BCUT2D eigenvalue weighted by atomic mass is 10.0. The quantitative estimate of drug-likeness (QED) is 0.834. The van der Waals surface area contributed by atoms with Gasteiger partial charge in [-0.15, -0.1) is 0 Å². The summed E-state index contributed by atoms with van der Waals surface area (Å²) in [5, 5.41) is 6.77. The van der Waals surface area contributed by atoms with E-state index in [1.165, 1.54) is 0 Å². The molecule has 4 heteroatoms. The second-order valence-electron chi connectivity index (χ2n) is 6.82. The van der Waals surface area contributed by atoms with Crippen molar-refractivity contribution >= 4 is 11.6 Å². The van der Waals surface area contributed by atoms with Crippen LogP contribution < -0.4 is 10.6 Å². The van der Waals surface area contributed by atoms with Crippen LogP contribution in [0.4, 0.5) is 11.6 Å². The van der Waals surface area contributed by atoms with E-state index < -0.39 is 0 Å². The van der Waals surface area contributed by atoms with Gasteiger partial charge in [-0.25, -0.2) is 9.97 Å². The summed E-state index contributed by atoms with van der Waals surface area (Å²) in [6.07, 6.45) is 0.855. The van der Waals surface area contributed by atoms with Crippen LogP contribution in [-0.2, 0) is 6.42 Å². The molecule has 0 amide bonds. The van der Waals surface area contributed by atoms with Crippen molar-refractivity contribution in [1.82, 2.24) is 9.97 Å². The Balaban J connectivity index is 2.05. The molecule has 1 aliphatic carbocycles. The molecule has 4 nitrogen and oxygen atoms in total. The fraction of sp³-hybridized carbons (Fsp3) is 0.750. The van der Waals surface area contributed by atoms with E-state index in [4.69, 9.17) is 0 Å². The molecule has 1 heterocycles. The third-order valence-electron chi connectivity index (χ3n) is 5.25. The summed E-state index contributed by atoms with van der Waals surface area (Å²) in [5.41, 5.74) is 0.816. The Labute approximate surface area is 122 Å². The highest BCUT2D eigenvalue weighted by Gasteiger charge is 2.64. The van der Waals surface area contributed by atoms with E-state index in [1.54, 1.807) is 0 Å². The summed E-state index contributed by atoms with van der Waals surface area (Å²) in [6, 6.07) is 2.00. The predicted molar refractivity (Wildman–Crippen MR) is 85.1 cm³/mol. The highest BCUT2D eigenvalue weighted by molar-refractivity contribution is 5.47. The number of anilines is 2. The Kier molecular flexibility index (Phi) is 3.94. The van der Waals surface area contributed by atoms with Gasteiger partial charge in [0.1, 0.15) is 17.5 Å². The van der Waals surface area contributed by atoms with Gasteiger partial charge in [-0.2, -0.15) is 0 Å². The molecule has 0 aliphatic heterocycles. The van der Waals surface area contributed by atoms with Gasteiger partial charge in [0.25, 0.3) is 0 Å². The van der Waals surface area contributed by atoms with Crippen LogP contribution in [0.3, 0.4) is 0 Å². The average molecular weight is 276 g/mol. The first kappa shape index (κ1) is 15.1. The van der Waals surface area contributed by atoms with Crippen LogP contribution in [0.1, 0.15) is 47.4 Å². The lowest BCUT2D eigenvalue weighted by Gasteiger charge is -2.10. The van der Waals surface area contributed by atoms with E-state index in [0.29, 0.717) is 16.7 Å². The Morgan fingerprint density at radius 2 is 1.55 bits per heavy atom. The highest BCUT2D eigenvalue weighted by Crippen LogP contribution is 2.68. The van der Waals surface area contributed by atoms with E-state index in [-0.39, 0.29) is 0 Å². The zero-order valence-corrected chi connectivity index (χ0v) is 13.7. The minimum Gasteiger partial charge on any atom is -0.370 e. The molecule has 0 saturated heterocycles. The van der Waals surface area contributed by atoms with Crippen molar-refractivity contribution in [3.05, 3.63) is 11.9 Å². The van der Waals surface area contributed by atoms with E-state index >= 15 is 0 Å². The number of aryl methyl sites for hydroxylation is 1. The summed E-state index contributed by atoms with van der Waals surface area (Å²) in [7, 11) is 0. The number of hydrogen-bond acceptors (Lipinski definition) is 4. The van der Waals surface area contributed by atoms with E-state index in [0.717, 1.165) is 37.0 Å². The maximum absolute atomic E-state index is 4.57. The fourth-order valence-corrected chi connectivity index (χ4v) is 3.07. The zero-order valence-electron chi connectivity index (χ0n) is 13.7. The Hall–Kier alpha value is -1.32. The first-order valence-electron chi connectivity index (χ1n) is 7.68. The third-order valence-corrected chi connectivity index (χ3v) is 5.25. The van der Waals surface area contributed by atoms with Gasteiger partial charge < -0.3 is 10.6 Å². The van der Waals surface area contributed by atoms with Crippen LogP contribution in [0.5, 0.6) is 0 Å². The van der Waals surface area contributed by atoms with E-state index in [1.807, 2.05) is 6.07 Å². The molecule has 1 fully saturated rings. The molecule has 0 radical (unpaired) electrons. The van der Waals surface area contributed by atoms with Crippen molar-refractivity contribution < 1.29 is 0 Å². The molecule has 0 atom stereocenters. The van der Waals surface area contributed by atoms with Gasteiger partial charge in [0, 0.05) is 25.6 Å². The molecule has 2 N–H and O–H groups in total. The van der Waals surface area contributed by atoms with Crippen LogP contribution in [0.15, 0.2) is 6.07 Å². The third kappa shape index (κ3) is 2.60. The number of nitrogens with one attached hydrogen (secondary N) is 2. The van der Waals surface area contributed by atoms with Crippen LogP contribution in [-0.4, -0.2) is 23.1 Å². The molecule has 112 valence electrons. The van der Waals surface area contributed by atoms with Crippen LogP contribution in [0.2, 0.25) is 0 Å². The van der Waals surface area contributed by atoms with Gasteiger partial charge >= 0.3 is 0 Å². The Bertz CT molecular complexity index is 465. The van der Waals surface area contributed by atoms with E-state index in [9.17, 15) is 0 Å². The normalized spacial score (nSPS) is 19.7. The number of hydrogen-bond donors (Lipinski definition) is 2. The van der Waals surface area contributed by atoms with Crippen molar-refractivity contribution in [2.24, 2.45) is 16.7 Å². The summed E-state index contributed by atoms with van der Waals surface area (Å²) < 4.78 is 0. The van der Waals surface area contributed by atoms with Crippen LogP contribution >= 0.6 is 0 Å². The largest absolute Gasteiger partial charge is 0.370 e.